The lowest BCUT2D eigenvalue weighted by molar-refractivity contribution is 0.388. The van der Waals surface area contributed by atoms with Crippen LogP contribution < -0.4 is 0 Å². The number of rotatable bonds is 12. The quantitative estimate of drug-likeness (QED) is 0.407. The molecule has 0 atom stereocenters. The summed E-state index contributed by atoms with van der Waals surface area (Å²) in [5.41, 5.74) is 0. The van der Waals surface area contributed by atoms with Gasteiger partial charge in [-0.1, -0.05) is 39.5 Å². The van der Waals surface area contributed by atoms with E-state index in [2.05, 4.69) is 13.8 Å². The fraction of sp³-hybridized carbons (Fsp3) is 1.00. The third-order valence-corrected chi connectivity index (χ3v) is 5.18. The van der Waals surface area contributed by atoms with E-state index >= 15 is 0 Å². The Morgan fingerprint density at radius 1 is 0.889 bits per heavy atom. The maximum absolute atomic E-state index is 12.1. The minimum absolute atomic E-state index is 0.189. The lowest BCUT2D eigenvalue weighted by Gasteiger charge is -2.22. The Bertz CT molecular complexity index is 271. The smallest absolute Gasteiger partial charge is 0.212 e. The monoisotopic (exact) mass is 297 g/mol. The number of sulfonamides is 1. The highest BCUT2D eigenvalue weighted by atomic mass is 35.5. The predicted molar refractivity (Wildman–Crippen MR) is 79.7 cm³/mol. The molecule has 0 aliphatic carbocycles. The zero-order chi connectivity index (χ0) is 13.9. The van der Waals surface area contributed by atoms with Crippen LogP contribution in [0.25, 0.3) is 0 Å². The highest BCUT2D eigenvalue weighted by Crippen LogP contribution is 2.10. The average Bonchev–Trinajstić information content (AvgIpc) is 2.35. The molecular weight excluding hydrogens is 270 g/mol. The van der Waals surface area contributed by atoms with Gasteiger partial charge in [-0.25, -0.2) is 12.7 Å². The Hall–Kier alpha value is 0.200. The molecule has 3 nitrogen and oxygen atoms in total. The van der Waals surface area contributed by atoms with Crippen molar-refractivity contribution in [1.82, 2.24) is 4.31 Å². The second-order valence-corrected chi connectivity index (χ2v) is 7.14. The van der Waals surface area contributed by atoms with Crippen LogP contribution in [0.4, 0.5) is 0 Å². The Morgan fingerprint density at radius 2 is 1.39 bits per heavy atom. The highest BCUT2D eigenvalue weighted by Gasteiger charge is 2.20. The molecule has 0 saturated heterocycles. The molecule has 0 heterocycles. The molecule has 0 N–H and O–H groups in total. The van der Waals surface area contributed by atoms with Crippen LogP contribution in [0.2, 0.25) is 0 Å². The van der Waals surface area contributed by atoms with Gasteiger partial charge in [0.05, 0.1) is 5.75 Å². The van der Waals surface area contributed by atoms with Crippen molar-refractivity contribution in [2.75, 3.05) is 24.7 Å². The Labute approximate surface area is 118 Å². The van der Waals surface area contributed by atoms with E-state index in [9.17, 15) is 8.42 Å². The van der Waals surface area contributed by atoms with E-state index in [0.29, 0.717) is 25.4 Å². The van der Waals surface area contributed by atoms with Crippen molar-refractivity contribution in [1.29, 1.82) is 0 Å². The lowest BCUT2D eigenvalue weighted by Crippen LogP contribution is -2.35. The fourth-order valence-corrected chi connectivity index (χ4v) is 3.71. The molecule has 0 aliphatic heterocycles. The number of hydrogen-bond donors (Lipinski definition) is 0. The van der Waals surface area contributed by atoms with Crippen LogP contribution in [0.5, 0.6) is 0 Å². The van der Waals surface area contributed by atoms with Crippen LogP contribution in [0.3, 0.4) is 0 Å². The van der Waals surface area contributed by atoms with Gasteiger partial charge in [0, 0.05) is 19.0 Å². The van der Waals surface area contributed by atoms with E-state index in [-0.39, 0.29) is 5.75 Å². The summed E-state index contributed by atoms with van der Waals surface area (Å²) < 4.78 is 26.0. The Morgan fingerprint density at radius 3 is 1.78 bits per heavy atom. The molecule has 18 heavy (non-hydrogen) atoms. The molecule has 0 spiro atoms. The Balaban J connectivity index is 4.32. The summed E-state index contributed by atoms with van der Waals surface area (Å²) in [6.07, 6.45) is 6.88. The van der Waals surface area contributed by atoms with Crippen LogP contribution in [0.1, 0.15) is 58.8 Å². The molecule has 0 aromatic heterocycles. The standard InChI is InChI=1S/C13H28ClNO2S/c1-3-5-7-11-15(12-8-6-4-2)18(16,17)13-9-10-14/h3-13H2,1-2H3. The van der Waals surface area contributed by atoms with Crippen LogP contribution in [-0.2, 0) is 10.0 Å². The number of alkyl halides is 1. The number of hydrogen-bond acceptors (Lipinski definition) is 2. The lowest BCUT2D eigenvalue weighted by atomic mass is 10.2. The van der Waals surface area contributed by atoms with Crippen molar-refractivity contribution in [3.63, 3.8) is 0 Å². The van der Waals surface area contributed by atoms with Gasteiger partial charge in [-0.3, -0.25) is 0 Å². The zero-order valence-electron chi connectivity index (χ0n) is 11.8. The summed E-state index contributed by atoms with van der Waals surface area (Å²) in [7, 11) is -3.10. The van der Waals surface area contributed by atoms with Crippen LogP contribution in [0, 0.1) is 0 Å². The van der Waals surface area contributed by atoms with Gasteiger partial charge in [-0.05, 0) is 19.3 Å². The van der Waals surface area contributed by atoms with Crippen molar-refractivity contribution in [2.45, 2.75) is 58.8 Å². The van der Waals surface area contributed by atoms with Crippen molar-refractivity contribution < 1.29 is 8.42 Å². The summed E-state index contributed by atoms with van der Waals surface area (Å²) >= 11 is 5.58. The van der Waals surface area contributed by atoms with Crippen molar-refractivity contribution in [3.8, 4) is 0 Å². The van der Waals surface area contributed by atoms with E-state index in [4.69, 9.17) is 11.6 Å². The van der Waals surface area contributed by atoms with Crippen molar-refractivity contribution in [2.24, 2.45) is 0 Å². The van der Waals surface area contributed by atoms with Gasteiger partial charge in [0.15, 0.2) is 0 Å². The van der Waals surface area contributed by atoms with Crippen molar-refractivity contribution in [3.05, 3.63) is 0 Å². The first-order valence-corrected chi connectivity index (χ1v) is 9.26. The zero-order valence-corrected chi connectivity index (χ0v) is 13.4. The second-order valence-electron chi connectivity index (χ2n) is 4.67. The molecule has 110 valence electrons. The third-order valence-electron chi connectivity index (χ3n) is 2.95. The third kappa shape index (κ3) is 8.33. The molecular formula is C13H28ClNO2S. The molecule has 0 aliphatic rings. The minimum atomic E-state index is -3.10. The molecule has 0 aromatic rings. The van der Waals surface area contributed by atoms with Gasteiger partial charge in [0.25, 0.3) is 0 Å². The molecule has 5 heteroatoms. The van der Waals surface area contributed by atoms with Gasteiger partial charge in [-0.15, -0.1) is 11.6 Å². The van der Waals surface area contributed by atoms with Crippen LogP contribution in [-0.4, -0.2) is 37.4 Å². The number of nitrogens with zero attached hydrogens (tertiary/aromatic N) is 1. The summed E-state index contributed by atoms with van der Waals surface area (Å²) in [4.78, 5) is 0. The summed E-state index contributed by atoms with van der Waals surface area (Å²) in [5, 5.41) is 0. The Kier molecular flexibility index (Phi) is 11.2. The molecule has 0 aromatic carbocycles. The normalized spacial score (nSPS) is 12.2. The van der Waals surface area contributed by atoms with E-state index in [1.807, 2.05) is 0 Å². The van der Waals surface area contributed by atoms with E-state index in [1.54, 1.807) is 4.31 Å². The van der Waals surface area contributed by atoms with Crippen LogP contribution >= 0.6 is 11.6 Å². The predicted octanol–water partition coefficient (Wildman–Crippen LogP) is 3.63. The first-order valence-electron chi connectivity index (χ1n) is 7.12. The molecule has 0 fully saturated rings. The van der Waals surface area contributed by atoms with Gasteiger partial charge >= 0.3 is 0 Å². The number of halogens is 1. The molecule has 0 radical (unpaired) electrons. The summed E-state index contributed by atoms with van der Waals surface area (Å²) in [6.45, 7) is 5.59. The van der Waals surface area contributed by atoms with Gasteiger partial charge in [-0.2, -0.15) is 0 Å². The SMILES string of the molecule is CCCCCN(CCCCC)S(=O)(=O)CCCCl. The first-order chi connectivity index (χ1) is 8.58. The van der Waals surface area contributed by atoms with E-state index < -0.39 is 10.0 Å². The molecule has 0 bridgehead atoms. The first kappa shape index (κ1) is 18.2. The maximum atomic E-state index is 12.1. The maximum Gasteiger partial charge on any atom is 0.214 e. The van der Waals surface area contributed by atoms with Gasteiger partial charge in [0.2, 0.25) is 10.0 Å². The summed E-state index contributed by atoms with van der Waals surface area (Å²) in [6, 6.07) is 0. The topological polar surface area (TPSA) is 37.4 Å². The second kappa shape index (κ2) is 11.1. The van der Waals surface area contributed by atoms with Crippen molar-refractivity contribution >= 4 is 21.6 Å². The molecule has 0 unspecified atom stereocenters. The molecule has 0 saturated carbocycles. The largest absolute Gasteiger partial charge is 0.214 e. The van der Waals surface area contributed by atoms with E-state index in [1.165, 1.54) is 0 Å². The fourth-order valence-electron chi connectivity index (χ4n) is 1.83. The molecule has 0 amide bonds. The molecule has 0 rings (SSSR count). The number of unbranched alkanes of at least 4 members (excludes halogenated alkanes) is 4. The minimum Gasteiger partial charge on any atom is -0.212 e. The van der Waals surface area contributed by atoms with Gasteiger partial charge < -0.3 is 0 Å². The summed E-state index contributed by atoms with van der Waals surface area (Å²) in [5.74, 6) is 0.603. The highest BCUT2D eigenvalue weighted by molar-refractivity contribution is 7.89. The van der Waals surface area contributed by atoms with Gasteiger partial charge in [0.1, 0.15) is 0 Å². The van der Waals surface area contributed by atoms with E-state index in [0.717, 1.165) is 38.5 Å². The average molecular weight is 298 g/mol. The van der Waals surface area contributed by atoms with Crippen LogP contribution in [0.15, 0.2) is 0 Å².